The summed E-state index contributed by atoms with van der Waals surface area (Å²) in [6, 6.07) is 9.42. The summed E-state index contributed by atoms with van der Waals surface area (Å²) in [7, 11) is 0. The van der Waals surface area contributed by atoms with Gasteiger partial charge in [-0.1, -0.05) is 42.5 Å². The molecular formula is C47H72N4O13. The molecular weight excluding hydrogens is 829 g/mol. The molecule has 3 atom stereocenters. The summed E-state index contributed by atoms with van der Waals surface area (Å²) in [6.07, 6.45) is 0.739. The standard InChI is InChI=1S/C47H72N4O13/c1-43(2,3)62-38(54)22-21-35(41(57)64-45(7,8)9)51-42(58)50-34(40(56)63-44(4,5)6)18-14-15-23-48-39(55)36(25-31-19-20-32-16-12-13-17-33(32)24-31)49-37(53)26-59-28-47(27-52)29-60-46(10,11)61-30-47/h12-13,16-17,19-20,24,34-36,52H,14-15,18,21-23,25-30H2,1-11H3,(H,48,55)(H,49,53)(H2,50,51,58). The molecule has 5 N–H and O–H groups in total. The summed E-state index contributed by atoms with van der Waals surface area (Å²) in [6.45, 7) is 18.7. The van der Waals surface area contributed by atoms with Gasteiger partial charge in [0.1, 0.15) is 41.5 Å². The van der Waals surface area contributed by atoms with Crippen LogP contribution in [0.5, 0.6) is 0 Å². The number of aliphatic hydroxyl groups is 1. The molecule has 1 fully saturated rings. The first-order valence-electron chi connectivity index (χ1n) is 21.9. The second-order valence-corrected chi connectivity index (χ2v) is 19.8. The molecule has 1 aliphatic heterocycles. The molecule has 17 nitrogen and oxygen atoms in total. The zero-order valence-corrected chi connectivity index (χ0v) is 39.6. The molecule has 3 unspecified atom stereocenters. The highest BCUT2D eigenvalue weighted by atomic mass is 16.7. The molecule has 0 aliphatic carbocycles. The van der Waals surface area contributed by atoms with Gasteiger partial charge in [0.15, 0.2) is 5.79 Å². The van der Waals surface area contributed by atoms with Crippen LogP contribution in [0, 0.1) is 5.41 Å². The van der Waals surface area contributed by atoms with E-state index in [1.54, 1.807) is 76.2 Å². The summed E-state index contributed by atoms with van der Waals surface area (Å²) in [5.74, 6) is -3.79. The Balaban J connectivity index is 1.65. The van der Waals surface area contributed by atoms with Gasteiger partial charge in [0.05, 0.1) is 31.8 Å². The SMILES string of the molecule is CC(C)(C)OC(=O)CCC(NC(=O)NC(CCCCNC(=O)C(Cc1ccc2ccccc2c1)NC(=O)COCC1(CO)COC(C)(C)OC1)C(=O)OC(C)(C)C)C(=O)OC(C)(C)C. The Kier molecular flexibility index (Phi) is 19.5. The van der Waals surface area contributed by atoms with E-state index in [9.17, 15) is 33.9 Å². The third kappa shape index (κ3) is 19.9. The number of nitrogens with one attached hydrogen (secondary N) is 4. The maximum atomic E-state index is 13.7. The van der Waals surface area contributed by atoms with E-state index >= 15 is 0 Å². The van der Waals surface area contributed by atoms with E-state index in [0.717, 1.165) is 16.3 Å². The van der Waals surface area contributed by atoms with Gasteiger partial charge >= 0.3 is 23.9 Å². The number of hydrogen-bond donors (Lipinski definition) is 5. The van der Waals surface area contributed by atoms with Crippen molar-refractivity contribution in [1.82, 2.24) is 21.3 Å². The highest BCUT2D eigenvalue weighted by molar-refractivity contribution is 5.89. The number of rotatable bonds is 21. The van der Waals surface area contributed by atoms with Gasteiger partial charge in [0.2, 0.25) is 11.8 Å². The van der Waals surface area contributed by atoms with Crippen molar-refractivity contribution in [3.05, 3.63) is 48.0 Å². The van der Waals surface area contributed by atoms with Crippen molar-refractivity contribution in [2.45, 2.75) is 155 Å². The predicted octanol–water partition coefficient (Wildman–Crippen LogP) is 4.77. The number of aliphatic hydroxyl groups excluding tert-OH is 1. The van der Waals surface area contributed by atoms with Crippen LogP contribution in [0.25, 0.3) is 10.8 Å². The van der Waals surface area contributed by atoms with E-state index in [4.69, 9.17) is 28.4 Å². The van der Waals surface area contributed by atoms with Gasteiger partial charge in [0.25, 0.3) is 0 Å². The van der Waals surface area contributed by atoms with Gasteiger partial charge in [-0.15, -0.1) is 0 Å². The average Bonchev–Trinajstić information content (AvgIpc) is 3.17. The molecule has 0 saturated carbocycles. The molecule has 358 valence electrons. The minimum atomic E-state index is -1.23. The fraction of sp³-hybridized carbons (Fsp3) is 0.660. The summed E-state index contributed by atoms with van der Waals surface area (Å²) in [5, 5.41) is 22.9. The number of urea groups is 1. The van der Waals surface area contributed by atoms with Gasteiger partial charge in [-0.2, -0.15) is 0 Å². The second-order valence-electron chi connectivity index (χ2n) is 19.8. The first-order chi connectivity index (χ1) is 29.7. The smallest absolute Gasteiger partial charge is 0.329 e. The van der Waals surface area contributed by atoms with Gasteiger partial charge in [-0.25, -0.2) is 14.4 Å². The zero-order valence-electron chi connectivity index (χ0n) is 39.6. The minimum absolute atomic E-state index is 0.00618. The molecule has 1 heterocycles. The van der Waals surface area contributed by atoms with Crippen molar-refractivity contribution >= 4 is 46.5 Å². The molecule has 3 rings (SSSR count). The molecule has 4 amide bonds. The van der Waals surface area contributed by atoms with E-state index in [2.05, 4.69) is 21.3 Å². The van der Waals surface area contributed by atoms with Gasteiger partial charge in [0, 0.05) is 19.4 Å². The highest BCUT2D eigenvalue weighted by Gasteiger charge is 2.40. The molecule has 0 spiro atoms. The topological polar surface area (TPSA) is 226 Å². The molecule has 1 saturated heterocycles. The van der Waals surface area contributed by atoms with E-state index in [1.165, 1.54) is 0 Å². The number of amides is 4. The van der Waals surface area contributed by atoms with Crippen LogP contribution in [0.3, 0.4) is 0 Å². The Hall–Kier alpha value is -4.84. The largest absolute Gasteiger partial charge is 0.460 e. The minimum Gasteiger partial charge on any atom is -0.460 e. The van der Waals surface area contributed by atoms with E-state index < -0.39 is 81.9 Å². The van der Waals surface area contributed by atoms with E-state index in [1.807, 2.05) is 42.5 Å². The Morgan fingerprint density at radius 1 is 0.719 bits per heavy atom. The number of benzene rings is 2. The van der Waals surface area contributed by atoms with Crippen molar-refractivity contribution in [2.24, 2.45) is 5.41 Å². The number of ether oxygens (including phenoxy) is 6. The third-order valence-corrected chi connectivity index (χ3v) is 9.60. The third-order valence-electron chi connectivity index (χ3n) is 9.60. The molecule has 1 aliphatic rings. The Bertz CT molecular complexity index is 1890. The van der Waals surface area contributed by atoms with Crippen LogP contribution < -0.4 is 21.3 Å². The van der Waals surface area contributed by atoms with Crippen molar-refractivity contribution in [1.29, 1.82) is 0 Å². The second kappa shape index (κ2) is 23.4. The zero-order chi connectivity index (χ0) is 47.9. The molecule has 17 heteroatoms. The van der Waals surface area contributed by atoms with Gasteiger partial charge < -0.3 is 54.8 Å². The normalized spacial score (nSPS) is 16.4. The highest BCUT2D eigenvalue weighted by Crippen LogP contribution is 2.30. The Labute approximate surface area is 377 Å². The van der Waals surface area contributed by atoms with Crippen LogP contribution in [0.2, 0.25) is 0 Å². The summed E-state index contributed by atoms with van der Waals surface area (Å²) >= 11 is 0. The number of unbranched alkanes of at least 4 members (excludes halogenated alkanes) is 1. The molecule has 64 heavy (non-hydrogen) atoms. The van der Waals surface area contributed by atoms with Gasteiger partial charge in [-0.05, 0) is 118 Å². The molecule has 0 aromatic heterocycles. The lowest BCUT2D eigenvalue weighted by molar-refractivity contribution is -0.296. The van der Waals surface area contributed by atoms with Crippen LogP contribution in [0.1, 0.15) is 114 Å². The molecule has 0 bridgehead atoms. The number of fused-ring (bicyclic) bond motifs is 1. The molecule has 0 radical (unpaired) electrons. The van der Waals surface area contributed by atoms with Crippen molar-refractivity contribution < 1.29 is 62.3 Å². The first kappa shape index (κ1) is 53.5. The number of carbonyl (C=O) groups is 6. The monoisotopic (exact) mass is 901 g/mol. The van der Waals surface area contributed by atoms with Crippen molar-refractivity contribution in [3.8, 4) is 0 Å². The lowest BCUT2D eigenvalue weighted by atomic mass is 9.91. The number of esters is 3. The van der Waals surface area contributed by atoms with E-state index in [0.29, 0.717) is 12.8 Å². The lowest BCUT2D eigenvalue weighted by Crippen LogP contribution is -2.53. The van der Waals surface area contributed by atoms with Crippen LogP contribution in [-0.4, -0.2) is 121 Å². The van der Waals surface area contributed by atoms with Crippen LogP contribution in [0.15, 0.2) is 42.5 Å². The quantitative estimate of drug-likeness (QED) is 0.0648. The van der Waals surface area contributed by atoms with E-state index in [-0.39, 0.29) is 65.3 Å². The summed E-state index contributed by atoms with van der Waals surface area (Å²) in [5.41, 5.74) is -2.52. The fourth-order valence-electron chi connectivity index (χ4n) is 6.43. The average molecular weight is 901 g/mol. The van der Waals surface area contributed by atoms with Crippen LogP contribution in [-0.2, 0) is 58.8 Å². The van der Waals surface area contributed by atoms with Crippen molar-refractivity contribution in [3.63, 3.8) is 0 Å². The lowest BCUT2D eigenvalue weighted by Gasteiger charge is -2.42. The van der Waals surface area contributed by atoms with Crippen molar-refractivity contribution in [2.75, 3.05) is 39.6 Å². The number of carbonyl (C=O) groups excluding carboxylic acids is 6. The molecule has 2 aromatic rings. The van der Waals surface area contributed by atoms with Crippen LogP contribution >= 0.6 is 0 Å². The summed E-state index contributed by atoms with van der Waals surface area (Å²) < 4.78 is 33.6. The van der Waals surface area contributed by atoms with Crippen LogP contribution in [0.4, 0.5) is 4.79 Å². The summed E-state index contributed by atoms with van der Waals surface area (Å²) in [4.78, 5) is 79.2. The Morgan fingerprint density at radius 2 is 1.28 bits per heavy atom. The maximum Gasteiger partial charge on any atom is 0.329 e. The molecule has 2 aromatic carbocycles. The van der Waals surface area contributed by atoms with Gasteiger partial charge in [-0.3, -0.25) is 14.4 Å². The number of hydrogen-bond acceptors (Lipinski definition) is 13. The Morgan fingerprint density at radius 3 is 1.84 bits per heavy atom. The fourth-order valence-corrected chi connectivity index (χ4v) is 6.43. The first-order valence-corrected chi connectivity index (χ1v) is 21.9. The maximum absolute atomic E-state index is 13.7. The predicted molar refractivity (Wildman–Crippen MR) is 239 cm³/mol.